The number of pyridine rings is 1. The van der Waals surface area contributed by atoms with Gasteiger partial charge in [-0.05, 0) is 48.1 Å². The van der Waals surface area contributed by atoms with E-state index in [0.717, 1.165) is 35.6 Å². The number of amides is 1. The summed E-state index contributed by atoms with van der Waals surface area (Å²) in [5.41, 5.74) is 1.51. The first-order chi connectivity index (χ1) is 17.0. The lowest BCUT2D eigenvalue weighted by atomic mass is 9.91. The van der Waals surface area contributed by atoms with Crippen LogP contribution in [-0.4, -0.2) is 53.4 Å². The van der Waals surface area contributed by atoms with Crippen LogP contribution < -0.4 is 0 Å². The van der Waals surface area contributed by atoms with Crippen molar-refractivity contribution in [2.45, 2.75) is 45.2 Å². The fourth-order valence-corrected chi connectivity index (χ4v) is 7.53. The van der Waals surface area contributed by atoms with Gasteiger partial charge in [-0.25, -0.2) is 12.7 Å². The lowest BCUT2D eigenvalue weighted by Gasteiger charge is -2.43. The summed E-state index contributed by atoms with van der Waals surface area (Å²) in [5.74, 6) is 0.404. The Balaban J connectivity index is 1.45. The smallest absolute Gasteiger partial charge is 0.273 e. The van der Waals surface area contributed by atoms with Crippen molar-refractivity contribution >= 4 is 26.7 Å². The summed E-state index contributed by atoms with van der Waals surface area (Å²) in [6, 6.07) is 19.8. The molecule has 1 aromatic heterocycles. The number of hydrogen-bond acceptors (Lipinski definition) is 4. The second-order valence-electron chi connectivity index (χ2n) is 9.91. The van der Waals surface area contributed by atoms with Crippen molar-refractivity contribution in [3.8, 4) is 0 Å². The van der Waals surface area contributed by atoms with Crippen molar-refractivity contribution < 1.29 is 13.2 Å². The second kappa shape index (κ2) is 10.1. The quantitative estimate of drug-likeness (QED) is 0.457. The van der Waals surface area contributed by atoms with Gasteiger partial charge in [-0.1, -0.05) is 67.9 Å². The van der Waals surface area contributed by atoms with Crippen molar-refractivity contribution in [3.63, 3.8) is 0 Å². The lowest BCUT2D eigenvalue weighted by Crippen LogP contribution is -2.55. The molecule has 1 aliphatic carbocycles. The molecule has 6 nitrogen and oxygen atoms in total. The number of nitrogens with zero attached hydrogens (tertiary/aromatic N) is 3. The number of fused-ring (bicyclic) bond motifs is 3. The van der Waals surface area contributed by atoms with E-state index in [2.05, 4.69) is 4.98 Å². The third kappa shape index (κ3) is 4.98. The molecule has 2 fully saturated rings. The number of hydrogen-bond donors (Lipinski definition) is 0. The zero-order valence-corrected chi connectivity index (χ0v) is 21.0. The van der Waals surface area contributed by atoms with Gasteiger partial charge in [0.05, 0.1) is 5.75 Å². The molecule has 1 saturated heterocycles. The Kier molecular flexibility index (Phi) is 6.89. The molecule has 3 aromatic rings. The van der Waals surface area contributed by atoms with Crippen LogP contribution in [0.2, 0.25) is 0 Å². The summed E-state index contributed by atoms with van der Waals surface area (Å²) in [7, 11) is -3.26. The topological polar surface area (TPSA) is 70.6 Å². The van der Waals surface area contributed by atoms with Crippen molar-refractivity contribution in [3.05, 3.63) is 78.1 Å². The molecular formula is C28H33N3O3S. The van der Waals surface area contributed by atoms with E-state index in [9.17, 15) is 13.2 Å². The monoisotopic (exact) mass is 491 g/mol. The number of carbonyl (C=O) groups excluding carboxylic acids is 1. The van der Waals surface area contributed by atoms with Crippen molar-refractivity contribution in [2.75, 3.05) is 18.8 Å². The largest absolute Gasteiger partial charge is 0.329 e. The Morgan fingerprint density at radius 1 is 1.00 bits per heavy atom. The molecule has 2 heterocycles. The van der Waals surface area contributed by atoms with Crippen LogP contribution in [-0.2, 0) is 16.6 Å². The van der Waals surface area contributed by atoms with Gasteiger partial charge in [0, 0.05) is 37.3 Å². The SMILES string of the molecule is CCCCS(=O)(=O)N1CC2CCC(C1)C2N(Cc1ccccc1)C(=O)c1cc2ccccc2cn1. The minimum absolute atomic E-state index is 0.00796. The van der Waals surface area contributed by atoms with Gasteiger partial charge >= 0.3 is 0 Å². The van der Waals surface area contributed by atoms with Crippen LogP contribution in [0, 0.1) is 11.8 Å². The number of sulfonamides is 1. The van der Waals surface area contributed by atoms with Crippen molar-refractivity contribution in [1.82, 2.24) is 14.2 Å². The summed E-state index contributed by atoms with van der Waals surface area (Å²) in [5, 5.41) is 2.00. The fraction of sp³-hybridized carbons (Fsp3) is 0.429. The molecule has 35 heavy (non-hydrogen) atoms. The molecule has 1 aliphatic heterocycles. The van der Waals surface area contributed by atoms with Crippen LogP contribution in [0.3, 0.4) is 0 Å². The van der Waals surface area contributed by atoms with Gasteiger partial charge in [0.1, 0.15) is 5.69 Å². The zero-order valence-electron chi connectivity index (χ0n) is 20.2. The summed E-state index contributed by atoms with van der Waals surface area (Å²) < 4.78 is 27.6. The minimum Gasteiger partial charge on any atom is -0.329 e. The third-order valence-corrected chi connectivity index (χ3v) is 9.46. The van der Waals surface area contributed by atoms with Crippen LogP contribution in [0.25, 0.3) is 10.8 Å². The zero-order chi connectivity index (χ0) is 24.4. The molecule has 2 unspecified atom stereocenters. The van der Waals surface area contributed by atoms with Gasteiger partial charge in [0.25, 0.3) is 5.91 Å². The van der Waals surface area contributed by atoms with E-state index in [1.807, 2.05) is 72.5 Å². The second-order valence-corrected chi connectivity index (χ2v) is 12.0. The highest BCUT2D eigenvalue weighted by Gasteiger charge is 2.48. The Hall–Kier alpha value is -2.77. The molecule has 2 aromatic carbocycles. The molecule has 184 valence electrons. The van der Waals surface area contributed by atoms with E-state index in [-0.39, 0.29) is 29.5 Å². The Labute approximate surface area is 208 Å². The molecular weight excluding hydrogens is 458 g/mol. The molecule has 0 radical (unpaired) electrons. The predicted octanol–water partition coefficient (Wildman–Crippen LogP) is 4.72. The first kappa shape index (κ1) is 23.9. The van der Waals surface area contributed by atoms with Gasteiger partial charge in [0.15, 0.2) is 0 Å². The van der Waals surface area contributed by atoms with Crippen LogP contribution in [0.5, 0.6) is 0 Å². The summed E-state index contributed by atoms with van der Waals surface area (Å²) in [4.78, 5) is 20.5. The lowest BCUT2D eigenvalue weighted by molar-refractivity contribution is 0.0429. The van der Waals surface area contributed by atoms with Gasteiger partial charge in [-0.15, -0.1) is 0 Å². The Morgan fingerprint density at radius 2 is 1.66 bits per heavy atom. The molecule has 5 rings (SSSR count). The van der Waals surface area contributed by atoms with Crippen LogP contribution in [0.4, 0.5) is 0 Å². The normalized spacial score (nSPS) is 22.4. The predicted molar refractivity (Wildman–Crippen MR) is 138 cm³/mol. The van der Waals surface area contributed by atoms with E-state index in [1.54, 1.807) is 10.5 Å². The summed E-state index contributed by atoms with van der Waals surface area (Å²) in [6.45, 7) is 3.50. The Morgan fingerprint density at radius 3 is 2.34 bits per heavy atom. The molecule has 0 N–H and O–H groups in total. The van der Waals surface area contributed by atoms with E-state index < -0.39 is 10.0 Å². The number of benzene rings is 2. The summed E-state index contributed by atoms with van der Waals surface area (Å²) >= 11 is 0. The van der Waals surface area contributed by atoms with Crippen LogP contribution in [0.1, 0.15) is 48.7 Å². The maximum absolute atomic E-state index is 14.0. The average molecular weight is 492 g/mol. The van der Waals surface area contributed by atoms with E-state index in [0.29, 0.717) is 31.7 Å². The van der Waals surface area contributed by atoms with E-state index in [4.69, 9.17) is 0 Å². The fourth-order valence-electron chi connectivity index (χ4n) is 5.78. The van der Waals surface area contributed by atoms with Crippen molar-refractivity contribution in [1.29, 1.82) is 0 Å². The van der Waals surface area contributed by atoms with E-state index >= 15 is 0 Å². The number of carbonyl (C=O) groups is 1. The third-order valence-electron chi connectivity index (χ3n) is 7.57. The molecule has 2 atom stereocenters. The summed E-state index contributed by atoms with van der Waals surface area (Å²) in [6.07, 6.45) is 5.20. The highest BCUT2D eigenvalue weighted by Crippen LogP contribution is 2.42. The molecule has 0 spiro atoms. The molecule has 7 heteroatoms. The minimum atomic E-state index is -3.26. The van der Waals surface area contributed by atoms with E-state index in [1.165, 1.54) is 0 Å². The first-order valence-electron chi connectivity index (χ1n) is 12.6. The maximum atomic E-state index is 14.0. The maximum Gasteiger partial charge on any atom is 0.273 e. The number of unbranched alkanes of at least 4 members (excludes halogenated alkanes) is 1. The first-order valence-corrected chi connectivity index (χ1v) is 14.2. The average Bonchev–Trinajstić information content (AvgIpc) is 3.13. The van der Waals surface area contributed by atoms with Gasteiger partial charge < -0.3 is 4.90 Å². The number of piperidine rings is 1. The highest BCUT2D eigenvalue weighted by molar-refractivity contribution is 7.89. The molecule has 1 saturated carbocycles. The van der Waals surface area contributed by atoms with Crippen LogP contribution in [0.15, 0.2) is 66.9 Å². The van der Waals surface area contributed by atoms with Gasteiger partial charge in [0.2, 0.25) is 10.0 Å². The Bertz CT molecular complexity index is 1280. The number of rotatable bonds is 8. The standard InChI is InChI=1S/C28H33N3O3S/c1-2-3-15-35(33,34)30-19-24-13-14-25(20-30)27(24)31(18-21-9-5-4-6-10-21)28(32)26-16-22-11-7-8-12-23(22)17-29-26/h4-12,16-17,24-25,27H,2-3,13-15,18-20H2,1H3. The molecule has 1 amide bonds. The van der Waals surface area contributed by atoms with Gasteiger partial charge in [-0.2, -0.15) is 0 Å². The molecule has 2 aliphatic rings. The van der Waals surface area contributed by atoms with Crippen LogP contribution >= 0.6 is 0 Å². The highest BCUT2D eigenvalue weighted by atomic mass is 32.2. The van der Waals surface area contributed by atoms with Gasteiger partial charge in [-0.3, -0.25) is 9.78 Å². The van der Waals surface area contributed by atoms with Crippen molar-refractivity contribution in [2.24, 2.45) is 11.8 Å². The number of aromatic nitrogens is 1. The molecule has 2 bridgehead atoms.